The van der Waals surface area contributed by atoms with Gasteiger partial charge >= 0.3 is 12.3 Å². The second kappa shape index (κ2) is 9.19. The van der Waals surface area contributed by atoms with Crippen LogP contribution in [0.25, 0.3) is 0 Å². The normalized spacial score (nSPS) is 29.0. The van der Waals surface area contributed by atoms with E-state index in [0.717, 1.165) is 56.7 Å². The van der Waals surface area contributed by atoms with Crippen molar-refractivity contribution in [2.75, 3.05) is 19.5 Å². The third-order valence-electron chi connectivity index (χ3n) is 7.01. The van der Waals surface area contributed by atoms with Gasteiger partial charge in [-0.2, -0.15) is 0 Å². The van der Waals surface area contributed by atoms with Crippen molar-refractivity contribution in [2.24, 2.45) is 23.2 Å². The Hall–Kier alpha value is -2.05. The first-order valence-electron chi connectivity index (χ1n) is 11.1. The van der Waals surface area contributed by atoms with E-state index in [1.54, 1.807) is 0 Å². The van der Waals surface area contributed by atoms with Gasteiger partial charge in [0.15, 0.2) is 11.5 Å². The Morgan fingerprint density at radius 2 is 1.71 bits per heavy atom. The predicted octanol–water partition coefficient (Wildman–Crippen LogP) is 3.85. The molecule has 1 aromatic carbocycles. The number of alkyl halides is 3. The topological polar surface area (TPSA) is 111 Å². The van der Waals surface area contributed by atoms with Crippen LogP contribution in [0.4, 0.5) is 13.2 Å². The fraction of sp³-hybridized carbons (Fsp3) is 0.682. The molecule has 0 spiro atoms. The van der Waals surface area contributed by atoms with Crippen LogP contribution in [0.1, 0.15) is 48.9 Å². The number of carbonyl (C=O) groups excluding carboxylic acids is 1. The molecule has 0 aromatic heterocycles. The highest BCUT2D eigenvalue weighted by atomic mass is 32.2. The highest BCUT2D eigenvalue weighted by molar-refractivity contribution is 7.85. The maximum absolute atomic E-state index is 13.0. The molecule has 4 aliphatic carbocycles. The maximum atomic E-state index is 13.0. The van der Waals surface area contributed by atoms with Crippen LogP contribution in [0.3, 0.4) is 0 Å². The van der Waals surface area contributed by atoms with E-state index < -0.39 is 46.8 Å². The highest BCUT2D eigenvalue weighted by Gasteiger charge is 2.56. The number of carbonyl (C=O) groups is 1. The second-order valence-corrected chi connectivity index (χ2v) is 11.1. The molecule has 8 nitrogen and oxygen atoms in total. The lowest BCUT2D eigenvalue weighted by Crippen LogP contribution is -2.54. The van der Waals surface area contributed by atoms with E-state index in [0.29, 0.717) is 17.8 Å². The van der Waals surface area contributed by atoms with Crippen LogP contribution >= 0.6 is 0 Å². The minimum absolute atomic E-state index is 0.187. The van der Waals surface area contributed by atoms with Crippen LogP contribution in [0.5, 0.6) is 11.5 Å². The smallest absolute Gasteiger partial charge is 0.573 e. The quantitative estimate of drug-likeness (QED) is 0.282. The van der Waals surface area contributed by atoms with Crippen molar-refractivity contribution in [1.29, 1.82) is 0 Å². The van der Waals surface area contributed by atoms with Crippen LogP contribution in [0.15, 0.2) is 18.2 Å². The molecule has 1 unspecified atom stereocenters. The van der Waals surface area contributed by atoms with Gasteiger partial charge in [-0.1, -0.05) is 0 Å². The lowest BCUT2D eigenvalue weighted by Gasteiger charge is -2.58. The van der Waals surface area contributed by atoms with E-state index in [1.165, 1.54) is 7.11 Å². The summed E-state index contributed by atoms with van der Waals surface area (Å²) in [5.41, 5.74) is -0.522. The molecule has 0 radical (unpaired) electrons. The van der Waals surface area contributed by atoms with Crippen LogP contribution in [0, 0.1) is 23.2 Å². The van der Waals surface area contributed by atoms with Crippen molar-refractivity contribution in [3.05, 3.63) is 23.8 Å². The van der Waals surface area contributed by atoms with Gasteiger partial charge in [0.05, 0.1) is 21.4 Å². The van der Waals surface area contributed by atoms with Gasteiger partial charge in [-0.15, -0.1) is 13.2 Å². The molecule has 5 rings (SSSR count). The molecule has 0 N–H and O–H groups in total. The van der Waals surface area contributed by atoms with Crippen molar-refractivity contribution < 1.29 is 49.9 Å². The highest BCUT2D eigenvalue weighted by Crippen LogP contribution is 2.62. The van der Waals surface area contributed by atoms with E-state index >= 15 is 0 Å². The maximum Gasteiger partial charge on any atom is 0.573 e. The molecule has 4 saturated carbocycles. The summed E-state index contributed by atoms with van der Waals surface area (Å²) < 4.78 is 91.6. The number of esters is 1. The first-order valence-corrected chi connectivity index (χ1v) is 12.6. The molecule has 4 aliphatic rings. The summed E-state index contributed by atoms with van der Waals surface area (Å²) in [6.45, 7) is -0.685. The summed E-state index contributed by atoms with van der Waals surface area (Å²) in [5.74, 6) is -1.31. The second-order valence-electron chi connectivity index (χ2n) is 9.57. The molecular weight excluding hydrogens is 481 g/mol. The minimum atomic E-state index is -4.99. The van der Waals surface area contributed by atoms with E-state index in [2.05, 4.69) is 4.74 Å². The molecule has 0 heterocycles. The number of halogens is 3. The molecule has 0 saturated heterocycles. The monoisotopic (exact) mass is 507 g/mol. The Morgan fingerprint density at radius 1 is 1.12 bits per heavy atom. The fourth-order valence-corrected chi connectivity index (χ4v) is 6.55. The van der Waals surface area contributed by atoms with E-state index in [1.807, 2.05) is 0 Å². The van der Waals surface area contributed by atoms with Gasteiger partial charge in [0.1, 0.15) is 6.61 Å². The van der Waals surface area contributed by atoms with Gasteiger partial charge in [0.25, 0.3) is 0 Å². The van der Waals surface area contributed by atoms with Gasteiger partial charge < -0.3 is 23.5 Å². The number of rotatable bonds is 9. The van der Waals surface area contributed by atoms with Crippen molar-refractivity contribution in [3.63, 3.8) is 0 Å². The molecule has 0 aliphatic heterocycles. The minimum Gasteiger partial charge on any atom is -0.748 e. The van der Waals surface area contributed by atoms with Crippen molar-refractivity contribution in [1.82, 2.24) is 0 Å². The molecule has 4 bridgehead atoms. The fourth-order valence-electron chi connectivity index (χ4n) is 6.26. The number of hydrogen-bond acceptors (Lipinski definition) is 8. The molecule has 34 heavy (non-hydrogen) atoms. The van der Waals surface area contributed by atoms with Crippen LogP contribution < -0.4 is 9.47 Å². The van der Waals surface area contributed by atoms with Crippen LogP contribution in [-0.2, 0) is 19.6 Å². The van der Waals surface area contributed by atoms with E-state index in [-0.39, 0.29) is 16.7 Å². The Balaban J connectivity index is 1.57. The van der Waals surface area contributed by atoms with Crippen molar-refractivity contribution in [2.45, 2.75) is 51.2 Å². The Morgan fingerprint density at radius 3 is 2.21 bits per heavy atom. The lowest BCUT2D eigenvalue weighted by molar-refractivity contribution is -0.276. The summed E-state index contributed by atoms with van der Waals surface area (Å²) in [6, 6.07) is 3.01. The van der Waals surface area contributed by atoms with Gasteiger partial charge in [-0.25, -0.2) is 13.2 Å². The number of hydrogen-bond donors (Lipinski definition) is 0. The zero-order valence-corrected chi connectivity index (χ0v) is 19.3. The molecule has 1 atom stereocenters. The third-order valence-corrected chi connectivity index (χ3v) is 7.67. The first-order chi connectivity index (χ1) is 15.9. The summed E-state index contributed by atoms with van der Waals surface area (Å²) in [5, 5.41) is 0. The Kier molecular flexibility index (Phi) is 6.78. The molecule has 12 heteroatoms. The Labute approximate surface area is 195 Å². The SMILES string of the molecule is COC(Oc1cc(C(=O)OCCS(=O)(=O)[O-])ccc1OC(F)(F)F)C12CC3CC(CC(C3)C1)C2. The summed E-state index contributed by atoms with van der Waals surface area (Å²) in [7, 11) is -3.15. The van der Waals surface area contributed by atoms with E-state index in [4.69, 9.17) is 14.2 Å². The zero-order chi connectivity index (χ0) is 24.7. The van der Waals surface area contributed by atoms with E-state index in [9.17, 15) is 30.9 Å². The Bertz CT molecular complexity index is 988. The summed E-state index contributed by atoms with van der Waals surface area (Å²) in [6.07, 6.45) is 0.199. The molecular formula is C22H26F3O8S-. The third kappa shape index (κ3) is 5.77. The molecule has 190 valence electrons. The summed E-state index contributed by atoms with van der Waals surface area (Å²) in [4.78, 5) is 12.3. The number of ether oxygens (including phenoxy) is 4. The molecule has 4 fully saturated rings. The first kappa shape index (κ1) is 25.1. The standard InChI is InChI=1S/C22H27F3O8S/c1-30-20(21-10-13-6-14(11-21)8-15(7-13)12-21)32-18-9-16(2-3-17(18)33-22(23,24)25)19(26)31-4-5-34(27,28)29/h2-3,9,13-15,20H,4-8,10-12H2,1H3,(H,27,28,29)/p-1. The van der Waals surface area contributed by atoms with Crippen molar-refractivity contribution in [3.8, 4) is 11.5 Å². The van der Waals surface area contributed by atoms with Crippen LogP contribution in [0.2, 0.25) is 0 Å². The molecule has 0 amide bonds. The number of methoxy groups -OCH3 is 1. The van der Waals surface area contributed by atoms with Gasteiger partial charge in [0.2, 0.25) is 6.29 Å². The lowest BCUT2D eigenvalue weighted by atomic mass is 9.49. The van der Waals surface area contributed by atoms with Gasteiger partial charge in [-0.05, 0) is 74.5 Å². The number of benzene rings is 1. The van der Waals surface area contributed by atoms with Gasteiger partial charge in [0, 0.05) is 12.5 Å². The predicted molar refractivity (Wildman–Crippen MR) is 110 cm³/mol. The zero-order valence-electron chi connectivity index (χ0n) is 18.5. The van der Waals surface area contributed by atoms with Crippen molar-refractivity contribution >= 4 is 16.1 Å². The largest absolute Gasteiger partial charge is 0.748 e. The average molecular weight is 508 g/mol. The van der Waals surface area contributed by atoms with Crippen LogP contribution in [-0.4, -0.2) is 51.1 Å². The molecule has 1 aromatic rings. The average Bonchev–Trinajstić information content (AvgIpc) is 2.69. The summed E-state index contributed by atoms with van der Waals surface area (Å²) >= 11 is 0. The van der Waals surface area contributed by atoms with Gasteiger partial charge in [-0.3, -0.25) is 0 Å².